The van der Waals surface area contributed by atoms with Gasteiger partial charge in [0.25, 0.3) is 0 Å². The molecule has 2 N–H and O–H groups in total. The maximum atomic E-state index is 11.8. The third-order valence-corrected chi connectivity index (χ3v) is 4.35. The molecule has 1 aliphatic carbocycles. The molecule has 8 nitrogen and oxygen atoms in total. The molecule has 8 heteroatoms. The highest BCUT2D eigenvalue weighted by Gasteiger charge is 2.40. The van der Waals surface area contributed by atoms with Gasteiger partial charge in [0.05, 0.1) is 6.04 Å². The second kappa shape index (κ2) is 5.11. The van der Waals surface area contributed by atoms with Crippen molar-refractivity contribution >= 4 is 12.1 Å². The van der Waals surface area contributed by atoms with Gasteiger partial charge in [-0.25, -0.2) is 4.79 Å². The Balaban J connectivity index is 1.97. The van der Waals surface area contributed by atoms with Gasteiger partial charge in [0.2, 0.25) is 5.91 Å². The Kier molecular flexibility index (Phi) is 3.38. The number of rotatable bonds is 4. The summed E-state index contributed by atoms with van der Waals surface area (Å²) in [6.45, 7) is 3.49. The topological polar surface area (TPSA) is 106 Å². The van der Waals surface area contributed by atoms with E-state index in [1.807, 2.05) is 0 Å². The van der Waals surface area contributed by atoms with Crippen LogP contribution in [0, 0.1) is 0 Å². The number of hydrogen-bond donors (Lipinski definition) is 2. The highest BCUT2D eigenvalue weighted by Crippen LogP contribution is 2.40. The smallest absolute Gasteiger partial charge is 0.450 e. The zero-order valence-electron chi connectivity index (χ0n) is 12.7. The van der Waals surface area contributed by atoms with Crippen LogP contribution in [0.5, 0.6) is 0 Å². The summed E-state index contributed by atoms with van der Waals surface area (Å²) >= 11 is 0. The average molecular weight is 306 g/mol. The van der Waals surface area contributed by atoms with E-state index < -0.39 is 18.3 Å². The molecular formula is C14H18N4O4. The van der Waals surface area contributed by atoms with Crippen molar-refractivity contribution in [3.8, 4) is 0 Å². The second-order valence-corrected chi connectivity index (χ2v) is 5.81. The molecule has 1 aliphatic heterocycles. The highest BCUT2D eigenvalue weighted by atomic mass is 16.7. The summed E-state index contributed by atoms with van der Waals surface area (Å²) in [4.78, 5) is 22.9. The summed E-state index contributed by atoms with van der Waals surface area (Å²) in [5, 5.41) is 20.1. The van der Waals surface area contributed by atoms with E-state index in [4.69, 9.17) is 9.84 Å². The monoisotopic (exact) mass is 306 g/mol. The molecule has 1 aromatic heterocycles. The van der Waals surface area contributed by atoms with Crippen LogP contribution in [0.2, 0.25) is 0 Å². The van der Waals surface area contributed by atoms with Gasteiger partial charge in [-0.2, -0.15) is 0 Å². The molecule has 3 rings (SSSR count). The molecule has 2 unspecified atom stereocenters. The molecule has 1 saturated carbocycles. The minimum atomic E-state index is -1.41. The number of amides is 1. The number of hydrogen-bond acceptors (Lipinski definition) is 5. The van der Waals surface area contributed by atoms with Gasteiger partial charge in [0.15, 0.2) is 11.9 Å². The number of nitrogens with zero attached hydrogens (tertiary/aromatic N) is 3. The lowest BCUT2D eigenvalue weighted by atomic mass is 10.0. The third-order valence-electron chi connectivity index (χ3n) is 4.35. The molecule has 2 aliphatic rings. The van der Waals surface area contributed by atoms with E-state index in [0.717, 1.165) is 24.2 Å². The van der Waals surface area contributed by atoms with Gasteiger partial charge >= 0.3 is 6.16 Å². The van der Waals surface area contributed by atoms with Crippen molar-refractivity contribution in [2.24, 2.45) is 7.05 Å². The third kappa shape index (κ3) is 2.34. The molecule has 2 heterocycles. The van der Waals surface area contributed by atoms with E-state index in [2.05, 4.69) is 15.5 Å². The molecule has 0 aromatic carbocycles. The van der Waals surface area contributed by atoms with Crippen LogP contribution >= 0.6 is 0 Å². The molecule has 118 valence electrons. The lowest BCUT2D eigenvalue weighted by Gasteiger charge is -2.23. The molecule has 0 radical (unpaired) electrons. The molecular weight excluding hydrogens is 288 g/mol. The first kappa shape index (κ1) is 14.6. The van der Waals surface area contributed by atoms with Crippen LogP contribution in [0.4, 0.5) is 4.79 Å². The number of carboxylic acid groups (broad SMARTS) is 1. The Hall–Kier alpha value is -2.38. The molecule has 0 saturated heterocycles. The van der Waals surface area contributed by atoms with Crippen LogP contribution in [-0.4, -0.2) is 38.0 Å². The second-order valence-electron chi connectivity index (χ2n) is 5.81. The van der Waals surface area contributed by atoms with E-state index in [1.165, 1.54) is 0 Å². The number of carbonyl (C=O) groups is 2. The van der Waals surface area contributed by atoms with Gasteiger partial charge in [-0.05, 0) is 32.3 Å². The fraction of sp³-hybridized carbons (Fsp3) is 0.571. The normalized spacial score (nSPS) is 22.7. The van der Waals surface area contributed by atoms with Crippen LogP contribution in [0.15, 0.2) is 11.1 Å². The predicted molar refractivity (Wildman–Crippen MR) is 75.1 cm³/mol. The lowest BCUT2D eigenvalue weighted by Crippen LogP contribution is -2.37. The van der Waals surface area contributed by atoms with Crippen molar-refractivity contribution in [1.82, 2.24) is 20.1 Å². The first-order chi connectivity index (χ1) is 10.4. The van der Waals surface area contributed by atoms with Crippen LogP contribution in [0.25, 0.3) is 0 Å². The minimum absolute atomic E-state index is 0.217. The van der Waals surface area contributed by atoms with Gasteiger partial charge in [-0.1, -0.05) is 0 Å². The van der Waals surface area contributed by atoms with Gasteiger partial charge in [0.1, 0.15) is 5.82 Å². The van der Waals surface area contributed by atoms with E-state index in [9.17, 15) is 9.59 Å². The Morgan fingerprint density at radius 2 is 2.09 bits per heavy atom. The Bertz CT molecular complexity index is 674. The summed E-state index contributed by atoms with van der Waals surface area (Å²) in [5.74, 6) is 1.40. The Morgan fingerprint density at radius 1 is 1.41 bits per heavy atom. The van der Waals surface area contributed by atoms with Crippen molar-refractivity contribution < 1.29 is 19.4 Å². The average Bonchev–Trinajstić information content (AvgIpc) is 3.18. The van der Waals surface area contributed by atoms with Crippen LogP contribution in [-0.2, 0) is 16.6 Å². The van der Waals surface area contributed by atoms with Gasteiger partial charge in [-0.3, -0.25) is 4.79 Å². The first-order valence-electron chi connectivity index (χ1n) is 7.17. The zero-order valence-corrected chi connectivity index (χ0v) is 12.7. The molecule has 22 heavy (non-hydrogen) atoms. The van der Waals surface area contributed by atoms with Crippen LogP contribution in [0.3, 0.4) is 0 Å². The summed E-state index contributed by atoms with van der Waals surface area (Å²) in [6.07, 6.45) is -0.194. The maximum absolute atomic E-state index is 11.8. The molecule has 1 aromatic rings. The fourth-order valence-corrected chi connectivity index (χ4v) is 2.75. The van der Waals surface area contributed by atoms with Crippen LogP contribution in [0.1, 0.15) is 50.4 Å². The number of carbonyl (C=O) groups excluding carboxylic acids is 1. The van der Waals surface area contributed by atoms with Crippen molar-refractivity contribution in [1.29, 1.82) is 0 Å². The van der Waals surface area contributed by atoms with Crippen LogP contribution < -0.4 is 5.32 Å². The van der Waals surface area contributed by atoms with Gasteiger partial charge in [-0.15, -0.1) is 10.2 Å². The lowest BCUT2D eigenvalue weighted by molar-refractivity contribution is -0.117. The van der Waals surface area contributed by atoms with E-state index >= 15 is 0 Å². The fourth-order valence-electron chi connectivity index (χ4n) is 2.75. The molecule has 0 spiro atoms. The quantitative estimate of drug-likeness (QED) is 0.811. The molecule has 1 fully saturated rings. The largest absolute Gasteiger partial charge is 0.506 e. The summed E-state index contributed by atoms with van der Waals surface area (Å²) in [6, 6.07) is -0.557. The molecule has 0 bridgehead atoms. The number of aromatic nitrogens is 3. The maximum Gasteiger partial charge on any atom is 0.506 e. The standard InChI is InChI=1S/C14H18N4O4/c1-6-7(2)13(19)15-9(6)10(22-14(20)21)12-17-16-11(18(12)3)8-4-5-8/h8-10H,4-5H2,1-3H3,(H,15,19)(H,20,21). The van der Waals surface area contributed by atoms with E-state index in [1.54, 1.807) is 25.5 Å². The number of nitrogens with one attached hydrogen (secondary N) is 1. The summed E-state index contributed by atoms with van der Waals surface area (Å²) < 4.78 is 6.80. The molecule has 2 atom stereocenters. The highest BCUT2D eigenvalue weighted by molar-refractivity contribution is 5.97. The van der Waals surface area contributed by atoms with E-state index in [0.29, 0.717) is 17.3 Å². The van der Waals surface area contributed by atoms with Gasteiger partial charge in [0, 0.05) is 18.5 Å². The number of ether oxygens (including phenoxy) is 1. The van der Waals surface area contributed by atoms with Crippen molar-refractivity contribution in [3.63, 3.8) is 0 Å². The first-order valence-corrected chi connectivity index (χ1v) is 7.17. The van der Waals surface area contributed by atoms with Crippen molar-refractivity contribution in [2.75, 3.05) is 0 Å². The van der Waals surface area contributed by atoms with Crippen molar-refractivity contribution in [3.05, 3.63) is 22.8 Å². The SMILES string of the molecule is CC1=C(C)C(C(OC(=O)O)c2nnc(C3CC3)n2C)NC1=O. The predicted octanol–water partition coefficient (Wildman–Crippen LogP) is 1.26. The Labute approximate surface area is 127 Å². The zero-order chi connectivity index (χ0) is 16.0. The van der Waals surface area contributed by atoms with E-state index in [-0.39, 0.29) is 5.91 Å². The minimum Gasteiger partial charge on any atom is -0.450 e. The van der Waals surface area contributed by atoms with Gasteiger partial charge < -0.3 is 19.7 Å². The summed E-state index contributed by atoms with van der Waals surface area (Å²) in [7, 11) is 1.80. The summed E-state index contributed by atoms with van der Waals surface area (Å²) in [5.41, 5.74) is 1.33. The van der Waals surface area contributed by atoms with Crippen molar-refractivity contribution in [2.45, 2.75) is 44.8 Å². The molecule has 1 amide bonds. The Morgan fingerprint density at radius 3 is 2.59 bits per heavy atom.